The van der Waals surface area contributed by atoms with Crippen molar-refractivity contribution in [2.24, 2.45) is 0 Å². The summed E-state index contributed by atoms with van der Waals surface area (Å²) >= 11 is 0. The highest BCUT2D eigenvalue weighted by molar-refractivity contribution is 7.53. The van der Waals surface area contributed by atoms with Crippen LogP contribution >= 0.6 is 7.60 Å². The second kappa shape index (κ2) is 7.54. The normalized spacial score (nSPS) is 17.7. The molecular weight excluding hydrogens is 295 g/mol. The van der Waals surface area contributed by atoms with Crippen LogP contribution in [0.15, 0.2) is 12.2 Å². The molecule has 0 saturated heterocycles. The molecule has 2 atom stereocenters. The summed E-state index contributed by atoms with van der Waals surface area (Å²) in [4.78, 5) is 30.3. The van der Waals surface area contributed by atoms with E-state index in [0.29, 0.717) is 18.4 Å². The largest absolute Gasteiger partial charge is 0.456 e. The van der Waals surface area contributed by atoms with E-state index in [1.807, 2.05) is 6.92 Å². The SMILES string of the molecule is C=C(C)C(=O)OC(C)(CC)CCOC(C)(CC)P(=O)(O)O. The third-order valence-corrected chi connectivity index (χ3v) is 5.43. The Morgan fingerprint density at radius 2 is 1.76 bits per heavy atom. The highest BCUT2D eigenvalue weighted by Gasteiger charge is 2.42. The molecule has 7 heteroatoms. The van der Waals surface area contributed by atoms with Crippen molar-refractivity contribution in [1.29, 1.82) is 0 Å². The minimum absolute atomic E-state index is 0.0866. The molecule has 21 heavy (non-hydrogen) atoms. The third-order valence-electron chi connectivity index (χ3n) is 3.75. The Bertz CT molecular complexity index is 429. The maximum absolute atomic E-state index is 11.6. The Hall–Kier alpha value is -0.680. The predicted molar refractivity (Wildman–Crippen MR) is 80.9 cm³/mol. The van der Waals surface area contributed by atoms with Crippen molar-refractivity contribution >= 4 is 13.6 Å². The van der Waals surface area contributed by atoms with Crippen LogP contribution in [0.2, 0.25) is 0 Å². The summed E-state index contributed by atoms with van der Waals surface area (Å²) in [5.41, 5.74) is -0.441. The van der Waals surface area contributed by atoms with Gasteiger partial charge in [0.25, 0.3) is 0 Å². The highest BCUT2D eigenvalue weighted by atomic mass is 31.2. The first-order chi connectivity index (χ1) is 9.41. The van der Waals surface area contributed by atoms with Crippen molar-refractivity contribution in [2.45, 2.75) is 64.8 Å². The molecule has 124 valence electrons. The molecule has 0 aromatic heterocycles. The number of carbonyl (C=O) groups excluding carboxylic acids is 1. The fourth-order valence-electron chi connectivity index (χ4n) is 1.49. The lowest BCUT2D eigenvalue weighted by atomic mass is 9.99. The summed E-state index contributed by atoms with van der Waals surface area (Å²) < 4.78 is 22.2. The second-order valence-electron chi connectivity index (χ2n) is 5.64. The van der Waals surface area contributed by atoms with Crippen molar-refractivity contribution < 1.29 is 28.6 Å². The van der Waals surface area contributed by atoms with Crippen molar-refractivity contribution in [2.75, 3.05) is 6.61 Å². The minimum Gasteiger partial charge on any atom is -0.456 e. The molecule has 2 N–H and O–H groups in total. The molecule has 6 nitrogen and oxygen atoms in total. The smallest absolute Gasteiger partial charge is 0.356 e. The van der Waals surface area contributed by atoms with Crippen LogP contribution < -0.4 is 0 Å². The molecule has 0 aromatic carbocycles. The highest BCUT2D eigenvalue weighted by Crippen LogP contribution is 2.53. The van der Waals surface area contributed by atoms with Crippen LogP contribution in [0.5, 0.6) is 0 Å². The maximum atomic E-state index is 11.6. The quantitative estimate of drug-likeness (QED) is 0.385. The molecule has 0 aromatic rings. The van der Waals surface area contributed by atoms with Crippen molar-refractivity contribution in [3.63, 3.8) is 0 Å². The van der Waals surface area contributed by atoms with Crippen LogP contribution in [-0.4, -0.2) is 33.3 Å². The van der Waals surface area contributed by atoms with Gasteiger partial charge < -0.3 is 19.3 Å². The molecule has 2 unspecified atom stereocenters. The fourth-order valence-corrected chi connectivity index (χ4v) is 2.16. The lowest BCUT2D eigenvalue weighted by Crippen LogP contribution is -2.35. The average Bonchev–Trinajstić information content (AvgIpc) is 2.36. The van der Waals surface area contributed by atoms with Crippen molar-refractivity contribution in [3.05, 3.63) is 12.2 Å². The zero-order valence-corrected chi connectivity index (χ0v) is 14.4. The summed E-state index contributed by atoms with van der Waals surface area (Å²) in [6.07, 6.45) is 1.10. The van der Waals surface area contributed by atoms with Crippen LogP contribution in [0.1, 0.15) is 53.9 Å². The van der Waals surface area contributed by atoms with E-state index in [4.69, 9.17) is 9.47 Å². The minimum atomic E-state index is -4.37. The van der Waals surface area contributed by atoms with E-state index in [-0.39, 0.29) is 13.0 Å². The van der Waals surface area contributed by atoms with E-state index in [2.05, 4.69) is 6.58 Å². The summed E-state index contributed by atoms with van der Waals surface area (Å²) in [6.45, 7) is 11.9. The molecule has 0 fully saturated rings. The number of ether oxygens (including phenoxy) is 2. The molecule has 0 saturated carbocycles. The Labute approximate surface area is 126 Å². The van der Waals surface area contributed by atoms with Crippen molar-refractivity contribution in [1.82, 2.24) is 0 Å². The van der Waals surface area contributed by atoms with E-state index in [1.54, 1.807) is 20.8 Å². The summed E-state index contributed by atoms with van der Waals surface area (Å²) in [5, 5.41) is -1.51. The van der Waals surface area contributed by atoms with Gasteiger partial charge in [0.2, 0.25) is 0 Å². The summed E-state index contributed by atoms with van der Waals surface area (Å²) in [5.74, 6) is -0.479. The number of esters is 1. The van der Waals surface area contributed by atoms with E-state index >= 15 is 0 Å². The first-order valence-electron chi connectivity index (χ1n) is 6.99. The molecular formula is C14H27O6P. The molecule has 0 radical (unpaired) electrons. The zero-order chi connectivity index (χ0) is 16.9. The van der Waals surface area contributed by atoms with Crippen LogP contribution in [0, 0.1) is 0 Å². The lowest BCUT2D eigenvalue weighted by Gasteiger charge is -2.33. The molecule has 0 spiro atoms. The zero-order valence-electron chi connectivity index (χ0n) is 13.5. The van der Waals surface area contributed by atoms with Gasteiger partial charge in [0.1, 0.15) is 5.60 Å². The van der Waals surface area contributed by atoms with Gasteiger partial charge in [0.05, 0.1) is 6.61 Å². The van der Waals surface area contributed by atoms with Gasteiger partial charge in [0.15, 0.2) is 5.34 Å². The standard InChI is InChI=1S/C14H27O6P/c1-7-13(5,20-12(15)11(3)4)9-10-19-14(6,8-2)21(16,17)18/h3,7-10H2,1-2,4-6H3,(H2,16,17,18). The second-order valence-corrected chi connectivity index (χ2v) is 7.68. The topological polar surface area (TPSA) is 93.1 Å². The van der Waals surface area contributed by atoms with Gasteiger partial charge in [-0.15, -0.1) is 0 Å². The maximum Gasteiger partial charge on any atom is 0.356 e. The fraction of sp³-hybridized carbons (Fsp3) is 0.786. The van der Waals surface area contributed by atoms with Crippen molar-refractivity contribution in [3.8, 4) is 0 Å². The monoisotopic (exact) mass is 322 g/mol. The van der Waals surface area contributed by atoms with E-state index in [1.165, 1.54) is 6.92 Å². The molecule has 0 amide bonds. The van der Waals surface area contributed by atoms with E-state index < -0.39 is 24.5 Å². The summed E-state index contributed by atoms with van der Waals surface area (Å²) in [6, 6.07) is 0. The Balaban J connectivity index is 4.70. The molecule has 0 rings (SSSR count). The van der Waals surface area contributed by atoms with Gasteiger partial charge in [0, 0.05) is 12.0 Å². The van der Waals surface area contributed by atoms with E-state index in [9.17, 15) is 19.1 Å². The van der Waals surface area contributed by atoms with E-state index in [0.717, 1.165) is 0 Å². The molecule has 0 heterocycles. The van der Waals surface area contributed by atoms with Crippen LogP contribution in [0.4, 0.5) is 0 Å². The van der Waals surface area contributed by atoms with Crippen LogP contribution in [0.25, 0.3) is 0 Å². The van der Waals surface area contributed by atoms with Gasteiger partial charge >= 0.3 is 13.6 Å². The number of rotatable bonds is 9. The predicted octanol–water partition coefficient (Wildman–Crippen LogP) is 2.99. The van der Waals surface area contributed by atoms with Gasteiger partial charge in [-0.25, -0.2) is 4.79 Å². The molecule has 0 aliphatic carbocycles. The number of carbonyl (C=O) groups is 1. The molecule has 0 aliphatic rings. The lowest BCUT2D eigenvalue weighted by molar-refractivity contribution is -0.156. The Morgan fingerprint density at radius 3 is 2.10 bits per heavy atom. The number of hydrogen-bond acceptors (Lipinski definition) is 4. The summed E-state index contributed by atoms with van der Waals surface area (Å²) in [7, 11) is -4.37. The average molecular weight is 322 g/mol. The Morgan fingerprint density at radius 1 is 1.24 bits per heavy atom. The van der Waals surface area contributed by atoms with Gasteiger partial charge in [-0.3, -0.25) is 4.57 Å². The first kappa shape index (κ1) is 20.3. The Kier molecular flexibility index (Phi) is 7.30. The first-order valence-corrected chi connectivity index (χ1v) is 8.60. The van der Waals surface area contributed by atoms with Gasteiger partial charge in [-0.1, -0.05) is 20.4 Å². The number of hydrogen-bond donors (Lipinski definition) is 2. The van der Waals surface area contributed by atoms with Crippen LogP contribution in [0.3, 0.4) is 0 Å². The molecule has 0 aliphatic heterocycles. The van der Waals surface area contributed by atoms with Gasteiger partial charge in [-0.05, 0) is 33.6 Å². The molecule has 0 bridgehead atoms. The van der Waals surface area contributed by atoms with Gasteiger partial charge in [-0.2, -0.15) is 0 Å². The van der Waals surface area contributed by atoms with Crippen LogP contribution in [-0.2, 0) is 18.8 Å². The third kappa shape index (κ3) is 5.91.